The topological polar surface area (TPSA) is 92.4 Å². The Kier molecular flexibility index (Phi) is 4.64. The fourth-order valence-electron chi connectivity index (χ4n) is 1.77. The molecule has 0 bridgehead atoms. The third-order valence-corrected chi connectivity index (χ3v) is 4.06. The summed E-state index contributed by atoms with van der Waals surface area (Å²) in [6, 6.07) is 9.75. The molecule has 0 heterocycles. The normalized spacial score (nSPS) is 10.2. The number of anilines is 2. The van der Waals surface area contributed by atoms with E-state index in [0.717, 1.165) is 0 Å². The number of amides is 1. The smallest absolute Gasteiger partial charge is 0.335 e. The Bertz CT molecular complexity index is 732. The van der Waals surface area contributed by atoms with Gasteiger partial charge in [0, 0.05) is 8.95 Å². The second-order valence-electron chi connectivity index (χ2n) is 4.15. The number of carboxylic acid groups (broad SMARTS) is 1. The van der Waals surface area contributed by atoms with E-state index in [1.165, 1.54) is 12.1 Å². The SMILES string of the molecule is NC(=O)c1c(Br)cccc1Nc1ccc(C(=O)O)cc1Br. The Morgan fingerprint density at radius 2 is 1.76 bits per heavy atom. The van der Waals surface area contributed by atoms with Crippen molar-refractivity contribution in [1.82, 2.24) is 0 Å². The summed E-state index contributed by atoms with van der Waals surface area (Å²) < 4.78 is 1.15. The van der Waals surface area contributed by atoms with Crippen molar-refractivity contribution in [3.63, 3.8) is 0 Å². The molecule has 0 aliphatic heterocycles. The molecule has 7 heteroatoms. The Balaban J connectivity index is 2.42. The number of carboxylic acids is 1. The average molecular weight is 414 g/mol. The molecule has 2 aromatic rings. The number of benzene rings is 2. The van der Waals surface area contributed by atoms with Gasteiger partial charge in [0.05, 0.1) is 22.5 Å². The molecule has 21 heavy (non-hydrogen) atoms. The monoisotopic (exact) mass is 412 g/mol. The van der Waals surface area contributed by atoms with Gasteiger partial charge in [0.2, 0.25) is 0 Å². The molecule has 0 aromatic heterocycles. The molecular formula is C14H10Br2N2O3. The van der Waals surface area contributed by atoms with Crippen LogP contribution < -0.4 is 11.1 Å². The molecule has 0 radical (unpaired) electrons. The predicted molar refractivity (Wildman–Crippen MR) is 87.0 cm³/mol. The minimum absolute atomic E-state index is 0.164. The van der Waals surface area contributed by atoms with Gasteiger partial charge in [-0.1, -0.05) is 6.07 Å². The number of hydrogen-bond donors (Lipinski definition) is 3. The number of nitrogens with one attached hydrogen (secondary N) is 1. The Morgan fingerprint density at radius 3 is 2.33 bits per heavy atom. The molecule has 0 unspecified atom stereocenters. The first-order valence-electron chi connectivity index (χ1n) is 5.78. The van der Waals surface area contributed by atoms with E-state index in [1.807, 2.05) is 0 Å². The summed E-state index contributed by atoms with van der Waals surface area (Å²) in [6.45, 7) is 0. The predicted octanol–water partition coefficient (Wildman–Crippen LogP) is 3.75. The molecule has 2 aromatic carbocycles. The number of carbonyl (C=O) groups is 2. The van der Waals surface area contributed by atoms with Gasteiger partial charge in [-0.3, -0.25) is 4.79 Å². The highest BCUT2D eigenvalue weighted by Crippen LogP contribution is 2.31. The van der Waals surface area contributed by atoms with E-state index in [2.05, 4.69) is 37.2 Å². The zero-order valence-electron chi connectivity index (χ0n) is 10.6. The summed E-state index contributed by atoms with van der Waals surface area (Å²) in [7, 11) is 0. The number of halogens is 2. The summed E-state index contributed by atoms with van der Waals surface area (Å²) >= 11 is 6.58. The van der Waals surface area contributed by atoms with E-state index in [-0.39, 0.29) is 5.56 Å². The minimum atomic E-state index is -1.01. The number of hydrogen-bond acceptors (Lipinski definition) is 3. The number of rotatable bonds is 4. The van der Waals surface area contributed by atoms with E-state index in [0.29, 0.717) is 25.9 Å². The first kappa shape index (κ1) is 15.5. The van der Waals surface area contributed by atoms with E-state index in [1.54, 1.807) is 24.3 Å². The van der Waals surface area contributed by atoms with Crippen LogP contribution in [0.4, 0.5) is 11.4 Å². The molecule has 0 aliphatic carbocycles. The Morgan fingerprint density at radius 1 is 1.05 bits per heavy atom. The van der Waals surface area contributed by atoms with E-state index < -0.39 is 11.9 Å². The fourth-order valence-corrected chi connectivity index (χ4v) is 2.81. The summed E-state index contributed by atoms with van der Waals surface area (Å²) in [5.74, 6) is -1.58. The maximum Gasteiger partial charge on any atom is 0.335 e. The van der Waals surface area contributed by atoms with Crippen LogP contribution in [0.1, 0.15) is 20.7 Å². The lowest BCUT2D eigenvalue weighted by Crippen LogP contribution is -2.14. The number of nitrogens with two attached hydrogens (primary N) is 1. The zero-order chi connectivity index (χ0) is 15.6. The van der Waals surface area contributed by atoms with Crippen LogP contribution in [0, 0.1) is 0 Å². The number of aromatic carboxylic acids is 1. The lowest BCUT2D eigenvalue weighted by molar-refractivity contribution is 0.0696. The molecule has 4 N–H and O–H groups in total. The third kappa shape index (κ3) is 3.43. The van der Waals surface area contributed by atoms with Crippen LogP contribution in [0.2, 0.25) is 0 Å². The van der Waals surface area contributed by atoms with Crippen molar-refractivity contribution >= 4 is 55.1 Å². The fraction of sp³-hybridized carbons (Fsp3) is 0. The molecule has 5 nitrogen and oxygen atoms in total. The van der Waals surface area contributed by atoms with Crippen molar-refractivity contribution < 1.29 is 14.7 Å². The second-order valence-corrected chi connectivity index (χ2v) is 5.86. The summed E-state index contributed by atoms with van der Waals surface area (Å²) in [5.41, 5.74) is 7.02. The first-order chi connectivity index (χ1) is 9.90. The second kappa shape index (κ2) is 6.28. The number of primary amides is 1. The van der Waals surface area contributed by atoms with Gasteiger partial charge >= 0.3 is 5.97 Å². The van der Waals surface area contributed by atoms with Crippen LogP contribution in [0.15, 0.2) is 45.3 Å². The minimum Gasteiger partial charge on any atom is -0.478 e. The van der Waals surface area contributed by atoms with Gasteiger partial charge in [-0.15, -0.1) is 0 Å². The van der Waals surface area contributed by atoms with E-state index in [9.17, 15) is 9.59 Å². The van der Waals surface area contributed by atoms with Crippen LogP contribution in [0.3, 0.4) is 0 Å². The van der Waals surface area contributed by atoms with Gasteiger partial charge < -0.3 is 16.2 Å². The molecule has 0 atom stereocenters. The van der Waals surface area contributed by atoms with E-state index in [4.69, 9.17) is 10.8 Å². The number of carbonyl (C=O) groups excluding carboxylic acids is 1. The Hall–Kier alpha value is -1.86. The molecule has 0 saturated heterocycles. The standard InChI is InChI=1S/C14H10Br2N2O3/c15-8-2-1-3-11(12(8)13(17)19)18-10-5-4-7(14(20)21)6-9(10)16/h1-6,18H,(H2,17,19)(H,20,21). The van der Waals surface area contributed by atoms with Crippen molar-refractivity contribution in [3.8, 4) is 0 Å². The van der Waals surface area contributed by atoms with Gasteiger partial charge in [0.1, 0.15) is 0 Å². The lowest BCUT2D eigenvalue weighted by atomic mass is 10.1. The van der Waals surface area contributed by atoms with Gasteiger partial charge in [0.25, 0.3) is 5.91 Å². The van der Waals surface area contributed by atoms with Crippen LogP contribution >= 0.6 is 31.9 Å². The summed E-state index contributed by atoms with van der Waals surface area (Å²) in [6.07, 6.45) is 0. The largest absolute Gasteiger partial charge is 0.478 e. The molecule has 0 aliphatic rings. The van der Waals surface area contributed by atoms with Gasteiger partial charge in [-0.25, -0.2) is 4.79 Å². The highest BCUT2D eigenvalue weighted by atomic mass is 79.9. The van der Waals surface area contributed by atoms with Crippen molar-refractivity contribution in [1.29, 1.82) is 0 Å². The molecule has 2 rings (SSSR count). The summed E-state index contributed by atoms with van der Waals surface area (Å²) in [5, 5.41) is 12.0. The van der Waals surface area contributed by atoms with Crippen molar-refractivity contribution in [2.45, 2.75) is 0 Å². The highest BCUT2D eigenvalue weighted by Gasteiger charge is 2.14. The van der Waals surface area contributed by atoms with E-state index >= 15 is 0 Å². The van der Waals surface area contributed by atoms with Crippen LogP contribution in [-0.2, 0) is 0 Å². The van der Waals surface area contributed by atoms with Crippen molar-refractivity contribution in [2.24, 2.45) is 5.73 Å². The molecular weight excluding hydrogens is 404 g/mol. The quantitative estimate of drug-likeness (QED) is 0.711. The maximum atomic E-state index is 11.5. The molecule has 0 fully saturated rings. The van der Waals surface area contributed by atoms with Crippen molar-refractivity contribution in [3.05, 3.63) is 56.5 Å². The van der Waals surface area contributed by atoms with Crippen LogP contribution in [-0.4, -0.2) is 17.0 Å². The Labute approximate surface area is 137 Å². The van der Waals surface area contributed by atoms with Gasteiger partial charge in [-0.05, 0) is 62.2 Å². The zero-order valence-corrected chi connectivity index (χ0v) is 13.7. The molecule has 1 amide bonds. The molecule has 0 spiro atoms. The highest BCUT2D eigenvalue weighted by molar-refractivity contribution is 9.11. The van der Waals surface area contributed by atoms with Crippen LogP contribution in [0.5, 0.6) is 0 Å². The molecule has 108 valence electrons. The van der Waals surface area contributed by atoms with Gasteiger partial charge in [0.15, 0.2) is 0 Å². The molecule has 0 saturated carbocycles. The van der Waals surface area contributed by atoms with Crippen LogP contribution in [0.25, 0.3) is 0 Å². The first-order valence-corrected chi connectivity index (χ1v) is 7.37. The maximum absolute atomic E-state index is 11.5. The lowest BCUT2D eigenvalue weighted by Gasteiger charge is -2.13. The third-order valence-electron chi connectivity index (χ3n) is 2.75. The van der Waals surface area contributed by atoms with Crippen molar-refractivity contribution in [2.75, 3.05) is 5.32 Å². The average Bonchev–Trinajstić information content (AvgIpc) is 2.40. The van der Waals surface area contributed by atoms with Gasteiger partial charge in [-0.2, -0.15) is 0 Å². The summed E-state index contributed by atoms with van der Waals surface area (Å²) in [4.78, 5) is 22.4.